The second-order valence-electron chi connectivity index (χ2n) is 5.96. The Hall–Kier alpha value is -3.46. The lowest BCUT2D eigenvalue weighted by molar-refractivity contribution is 0.0643. The third kappa shape index (κ3) is 3.16. The molecule has 1 aliphatic rings. The van der Waals surface area contributed by atoms with E-state index in [4.69, 9.17) is 0 Å². The smallest absolute Gasteiger partial charge is 0.261 e. The fraction of sp³-hybridized carbons (Fsp3) is 0.0526. The average molecular weight is 399 g/mol. The van der Waals surface area contributed by atoms with Gasteiger partial charge in [-0.05, 0) is 30.3 Å². The molecule has 1 aliphatic heterocycles. The quantitative estimate of drug-likeness (QED) is 0.682. The maximum absolute atomic E-state index is 13.3. The summed E-state index contributed by atoms with van der Waals surface area (Å²) >= 11 is 1.08. The third-order valence-corrected chi connectivity index (χ3v) is 5.05. The molecule has 1 aromatic heterocycles. The third-order valence-electron chi connectivity index (χ3n) is 4.15. The molecule has 2 heterocycles. The van der Waals surface area contributed by atoms with Crippen LogP contribution in [0.25, 0.3) is 0 Å². The van der Waals surface area contributed by atoms with Gasteiger partial charge in [-0.25, -0.2) is 13.8 Å². The summed E-state index contributed by atoms with van der Waals surface area (Å²) in [6.45, 7) is 0.0189. The number of amides is 3. The van der Waals surface area contributed by atoms with E-state index in [2.05, 4.69) is 10.3 Å². The molecule has 0 unspecified atom stereocenters. The summed E-state index contributed by atoms with van der Waals surface area (Å²) in [7, 11) is 0. The predicted octanol–water partition coefficient (Wildman–Crippen LogP) is 3.47. The van der Waals surface area contributed by atoms with Crippen LogP contribution in [0.5, 0.6) is 0 Å². The number of aromatic nitrogens is 1. The zero-order valence-electron chi connectivity index (χ0n) is 14.1. The largest absolute Gasteiger partial charge is 0.298 e. The molecule has 0 saturated carbocycles. The number of hydrogen-bond acceptors (Lipinski definition) is 5. The zero-order chi connectivity index (χ0) is 19.8. The molecule has 0 bridgehead atoms. The van der Waals surface area contributed by atoms with Crippen LogP contribution in [-0.2, 0) is 6.54 Å². The summed E-state index contributed by atoms with van der Waals surface area (Å²) in [5.74, 6) is -3.60. The van der Waals surface area contributed by atoms with Crippen molar-refractivity contribution in [3.8, 4) is 0 Å². The van der Waals surface area contributed by atoms with Crippen LogP contribution in [0.15, 0.2) is 48.7 Å². The SMILES string of the molecule is O=C(Nc1ncc(CN2C(=O)c3ccccc3C2=O)s1)c1ccc(F)c(F)c1. The Bertz CT molecular complexity index is 1090. The summed E-state index contributed by atoms with van der Waals surface area (Å²) in [5, 5.41) is 2.69. The predicted molar refractivity (Wildman–Crippen MR) is 97.1 cm³/mol. The molecular formula is C19H11F2N3O3S. The highest BCUT2D eigenvalue weighted by Gasteiger charge is 2.35. The summed E-state index contributed by atoms with van der Waals surface area (Å²) in [6, 6.07) is 9.36. The first kappa shape index (κ1) is 17.9. The van der Waals surface area contributed by atoms with E-state index in [1.165, 1.54) is 6.20 Å². The van der Waals surface area contributed by atoms with Crippen LogP contribution in [0.3, 0.4) is 0 Å². The number of anilines is 1. The lowest BCUT2D eigenvalue weighted by atomic mass is 10.1. The fourth-order valence-corrected chi connectivity index (χ4v) is 3.58. The number of benzene rings is 2. The van der Waals surface area contributed by atoms with Crippen molar-refractivity contribution in [2.75, 3.05) is 5.32 Å². The molecule has 28 heavy (non-hydrogen) atoms. The molecule has 0 fully saturated rings. The molecule has 0 spiro atoms. The lowest BCUT2D eigenvalue weighted by Gasteiger charge is -2.11. The first-order valence-electron chi connectivity index (χ1n) is 8.10. The Kier molecular flexibility index (Phi) is 4.44. The number of fused-ring (bicyclic) bond motifs is 1. The van der Waals surface area contributed by atoms with Gasteiger partial charge in [0.2, 0.25) is 0 Å². The van der Waals surface area contributed by atoms with Crippen molar-refractivity contribution < 1.29 is 23.2 Å². The van der Waals surface area contributed by atoms with Gasteiger partial charge in [0.1, 0.15) is 0 Å². The molecule has 1 N–H and O–H groups in total. The molecule has 3 amide bonds. The van der Waals surface area contributed by atoms with Gasteiger partial charge < -0.3 is 0 Å². The Morgan fingerprint density at radius 3 is 2.36 bits per heavy atom. The van der Waals surface area contributed by atoms with Crippen LogP contribution in [0, 0.1) is 11.6 Å². The standard InChI is InChI=1S/C19H11F2N3O3S/c20-14-6-5-10(7-15(14)21)16(25)23-19-22-8-11(28-19)9-24-17(26)12-3-1-2-4-13(12)18(24)27/h1-8H,9H2,(H,22,23,25). The van der Waals surface area contributed by atoms with Crippen molar-refractivity contribution in [1.82, 2.24) is 9.88 Å². The number of imide groups is 1. The molecule has 4 rings (SSSR count). The number of hydrogen-bond donors (Lipinski definition) is 1. The molecule has 6 nitrogen and oxygen atoms in total. The molecule has 0 aliphatic carbocycles. The maximum Gasteiger partial charge on any atom is 0.261 e. The molecular weight excluding hydrogens is 388 g/mol. The molecule has 9 heteroatoms. The van der Waals surface area contributed by atoms with Gasteiger partial charge in [-0.15, -0.1) is 0 Å². The van der Waals surface area contributed by atoms with Crippen LogP contribution in [0.4, 0.5) is 13.9 Å². The van der Waals surface area contributed by atoms with E-state index in [-0.39, 0.29) is 29.1 Å². The van der Waals surface area contributed by atoms with E-state index in [1.807, 2.05) is 0 Å². The van der Waals surface area contributed by atoms with Crippen LogP contribution in [-0.4, -0.2) is 27.6 Å². The highest BCUT2D eigenvalue weighted by molar-refractivity contribution is 7.15. The van der Waals surface area contributed by atoms with Gasteiger partial charge in [-0.2, -0.15) is 0 Å². The number of nitrogens with zero attached hydrogens (tertiary/aromatic N) is 2. The van der Waals surface area contributed by atoms with Crippen LogP contribution in [0.2, 0.25) is 0 Å². The summed E-state index contributed by atoms with van der Waals surface area (Å²) < 4.78 is 26.2. The van der Waals surface area contributed by atoms with Crippen LogP contribution < -0.4 is 5.32 Å². The van der Waals surface area contributed by atoms with E-state index in [0.717, 1.165) is 34.4 Å². The fourth-order valence-electron chi connectivity index (χ4n) is 2.78. The molecule has 0 saturated heterocycles. The van der Waals surface area contributed by atoms with Crippen molar-refractivity contribution in [3.63, 3.8) is 0 Å². The van der Waals surface area contributed by atoms with Gasteiger partial charge >= 0.3 is 0 Å². The number of carbonyl (C=O) groups excluding carboxylic acids is 3. The first-order valence-corrected chi connectivity index (χ1v) is 8.92. The maximum atomic E-state index is 13.3. The summed E-state index contributed by atoms with van der Waals surface area (Å²) in [4.78, 5) is 42.6. The van der Waals surface area contributed by atoms with E-state index in [9.17, 15) is 23.2 Å². The topological polar surface area (TPSA) is 79.4 Å². The number of carbonyl (C=O) groups is 3. The number of halogens is 2. The summed E-state index contributed by atoms with van der Waals surface area (Å²) in [6.07, 6.45) is 1.44. The van der Waals surface area contributed by atoms with Crippen molar-refractivity contribution in [2.24, 2.45) is 0 Å². The minimum atomic E-state index is -1.13. The molecule has 2 aromatic carbocycles. The van der Waals surface area contributed by atoms with Crippen molar-refractivity contribution in [3.05, 3.63) is 81.9 Å². The minimum absolute atomic E-state index is 0.0189. The van der Waals surface area contributed by atoms with Crippen molar-refractivity contribution >= 4 is 34.2 Å². The highest BCUT2D eigenvalue weighted by Crippen LogP contribution is 2.27. The molecule has 0 radical (unpaired) electrons. The van der Waals surface area contributed by atoms with Gasteiger partial charge in [0.05, 0.1) is 17.7 Å². The molecule has 3 aromatic rings. The van der Waals surface area contributed by atoms with Gasteiger partial charge in [0.15, 0.2) is 16.8 Å². The normalized spacial score (nSPS) is 13.0. The van der Waals surface area contributed by atoms with Gasteiger partial charge in [0, 0.05) is 16.6 Å². The Morgan fingerprint density at radius 1 is 1.04 bits per heavy atom. The average Bonchev–Trinajstić information content (AvgIpc) is 3.22. The van der Waals surface area contributed by atoms with E-state index >= 15 is 0 Å². The van der Waals surface area contributed by atoms with Crippen molar-refractivity contribution in [2.45, 2.75) is 6.54 Å². The molecule has 0 atom stereocenters. The highest BCUT2D eigenvalue weighted by atomic mass is 32.1. The van der Waals surface area contributed by atoms with Crippen LogP contribution in [0.1, 0.15) is 36.0 Å². The number of rotatable bonds is 4. The Morgan fingerprint density at radius 2 is 1.71 bits per heavy atom. The first-order chi connectivity index (χ1) is 13.4. The molecule has 140 valence electrons. The Balaban J connectivity index is 1.47. The Labute approximate surface area is 161 Å². The van der Waals surface area contributed by atoms with Gasteiger partial charge in [0.25, 0.3) is 17.7 Å². The van der Waals surface area contributed by atoms with E-state index in [1.54, 1.807) is 24.3 Å². The second kappa shape index (κ2) is 6.93. The second-order valence-corrected chi connectivity index (χ2v) is 7.07. The lowest BCUT2D eigenvalue weighted by Crippen LogP contribution is -2.28. The van der Waals surface area contributed by atoms with Gasteiger partial charge in [-0.3, -0.25) is 24.6 Å². The summed E-state index contributed by atoms with van der Waals surface area (Å²) in [5.41, 5.74) is 0.642. The minimum Gasteiger partial charge on any atom is -0.298 e. The van der Waals surface area contributed by atoms with E-state index < -0.39 is 17.5 Å². The zero-order valence-corrected chi connectivity index (χ0v) is 14.9. The van der Waals surface area contributed by atoms with Gasteiger partial charge in [-0.1, -0.05) is 23.5 Å². The monoisotopic (exact) mass is 399 g/mol. The number of thiazole rings is 1. The van der Waals surface area contributed by atoms with Crippen molar-refractivity contribution in [1.29, 1.82) is 0 Å². The number of nitrogens with one attached hydrogen (secondary N) is 1. The van der Waals surface area contributed by atoms with Crippen LogP contribution >= 0.6 is 11.3 Å². The van der Waals surface area contributed by atoms with E-state index in [0.29, 0.717) is 16.0 Å².